The van der Waals surface area contributed by atoms with Crippen LogP contribution in [-0.2, 0) is 11.3 Å². The van der Waals surface area contributed by atoms with Gasteiger partial charge in [-0.25, -0.2) is 4.79 Å². The number of urea groups is 1. The summed E-state index contributed by atoms with van der Waals surface area (Å²) in [6, 6.07) is 7.51. The first-order valence-corrected chi connectivity index (χ1v) is 9.18. The molecule has 142 valence electrons. The van der Waals surface area contributed by atoms with Gasteiger partial charge in [0.15, 0.2) is 0 Å². The van der Waals surface area contributed by atoms with Crippen molar-refractivity contribution in [2.45, 2.75) is 44.7 Å². The first-order valence-electron chi connectivity index (χ1n) is 9.18. The Morgan fingerprint density at radius 1 is 1.23 bits per heavy atom. The highest BCUT2D eigenvalue weighted by Gasteiger charge is 2.17. The highest BCUT2D eigenvalue weighted by molar-refractivity contribution is 5.95. The number of carbonyl (C=O) groups excluding carboxylic acids is 2. The minimum absolute atomic E-state index is 0.160. The van der Waals surface area contributed by atoms with E-state index in [0.29, 0.717) is 13.2 Å². The van der Waals surface area contributed by atoms with Gasteiger partial charge in [-0.3, -0.25) is 15.0 Å². The Balaban J connectivity index is 1.70. The van der Waals surface area contributed by atoms with Gasteiger partial charge in [0.05, 0.1) is 6.54 Å². The summed E-state index contributed by atoms with van der Waals surface area (Å²) in [5.74, 6) is 0.486. The first kappa shape index (κ1) is 20.0. The molecule has 0 aliphatic heterocycles. The molecule has 0 saturated heterocycles. The highest BCUT2D eigenvalue weighted by atomic mass is 16.5. The third-order valence-corrected chi connectivity index (χ3v) is 4.35. The van der Waals surface area contributed by atoms with Crippen LogP contribution in [0.25, 0.3) is 0 Å². The van der Waals surface area contributed by atoms with Crippen molar-refractivity contribution in [3.63, 3.8) is 0 Å². The van der Waals surface area contributed by atoms with E-state index in [0.717, 1.165) is 37.0 Å². The topological polar surface area (TPSA) is 70.7 Å². The molecular formula is C20H29N3O3. The van der Waals surface area contributed by atoms with E-state index >= 15 is 0 Å². The Bertz CT molecular complexity index is 595. The molecule has 1 fully saturated rings. The predicted molar refractivity (Wildman–Crippen MR) is 102 cm³/mol. The molecular weight excluding hydrogens is 330 g/mol. The Kier molecular flexibility index (Phi) is 8.15. The molecule has 0 spiro atoms. The number of likely N-dealkylation sites (N-methyl/N-ethyl adjacent to an activating group) is 1. The molecule has 2 rings (SSSR count). The molecule has 1 aliphatic rings. The number of imide groups is 1. The number of nitrogens with one attached hydrogen (secondary N) is 2. The van der Waals surface area contributed by atoms with E-state index in [2.05, 4.69) is 17.2 Å². The summed E-state index contributed by atoms with van der Waals surface area (Å²) in [7, 11) is 1.85. The van der Waals surface area contributed by atoms with Gasteiger partial charge in [-0.2, -0.15) is 0 Å². The fourth-order valence-electron chi connectivity index (χ4n) is 3.09. The lowest BCUT2D eigenvalue weighted by Crippen LogP contribution is -2.47. The van der Waals surface area contributed by atoms with E-state index in [1.54, 1.807) is 6.08 Å². The van der Waals surface area contributed by atoms with Gasteiger partial charge in [-0.1, -0.05) is 44.1 Å². The lowest BCUT2D eigenvalue weighted by atomic mass is 9.96. The Labute approximate surface area is 155 Å². The highest BCUT2D eigenvalue weighted by Crippen LogP contribution is 2.17. The van der Waals surface area contributed by atoms with E-state index in [1.807, 2.05) is 36.2 Å². The van der Waals surface area contributed by atoms with E-state index in [9.17, 15) is 9.59 Å². The third kappa shape index (κ3) is 7.27. The third-order valence-electron chi connectivity index (χ3n) is 4.35. The van der Waals surface area contributed by atoms with Crippen molar-refractivity contribution in [2.75, 3.05) is 20.2 Å². The lowest BCUT2D eigenvalue weighted by Gasteiger charge is -2.23. The van der Waals surface area contributed by atoms with Crippen molar-refractivity contribution in [3.05, 3.63) is 42.5 Å². The van der Waals surface area contributed by atoms with Crippen LogP contribution >= 0.6 is 0 Å². The number of carbonyl (C=O) groups is 2. The van der Waals surface area contributed by atoms with Crippen LogP contribution in [0.3, 0.4) is 0 Å². The van der Waals surface area contributed by atoms with Crippen LogP contribution in [0.2, 0.25) is 0 Å². The number of hydrogen-bond acceptors (Lipinski definition) is 4. The molecule has 1 saturated carbocycles. The molecule has 0 unspecified atom stereocenters. The second-order valence-electron chi connectivity index (χ2n) is 6.77. The van der Waals surface area contributed by atoms with Crippen molar-refractivity contribution in [3.8, 4) is 5.75 Å². The van der Waals surface area contributed by atoms with Gasteiger partial charge < -0.3 is 10.1 Å². The van der Waals surface area contributed by atoms with E-state index in [-0.39, 0.29) is 24.5 Å². The van der Waals surface area contributed by atoms with E-state index in [4.69, 9.17) is 4.74 Å². The molecule has 1 aromatic rings. The molecule has 0 atom stereocenters. The molecule has 0 aromatic heterocycles. The van der Waals surface area contributed by atoms with Crippen LogP contribution in [0.15, 0.2) is 36.9 Å². The first-order chi connectivity index (χ1) is 12.6. The largest absolute Gasteiger partial charge is 0.490 e. The molecule has 0 heterocycles. The zero-order valence-corrected chi connectivity index (χ0v) is 15.5. The molecule has 26 heavy (non-hydrogen) atoms. The number of benzene rings is 1. The van der Waals surface area contributed by atoms with Gasteiger partial charge >= 0.3 is 6.03 Å². The van der Waals surface area contributed by atoms with Gasteiger partial charge in [0.1, 0.15) is 12.4 Å². The minimum Gasteiger partial charge on any atom is -0.490 e. The van der Waals surface area contributed by atoms with Crippen LogP contribution < -0.4 is 15.4 Å². The SMILES string of the molecule is C=CCOc1ccc(CN(C)CC(=O)NC(=O)NC2CCCCC2)cc1. The van der Waals surface area contributed by atoms with Gasteiger partial charge in [0.25, 0.3) is 0 Å². The summed E-state index contributed by atoms with van der Waals surface area (Å²) in [4.78, 5) is 25.8. The average molecular weight is 359 g/mol. The lowest BCUT2D eigenvalue weighted by molar-refractivity contribution is -0.121. The van der Waals surface area contributed by atoms with Gasteiger partial charge in [0.2, 0.25) is 5.91 Å². The van der Waals surface area contributed by atoms with Crippen LogP contribution in [-0.4, -0.2) is 43.1 Å². The number of rotatable bonds is 8. The zero-order valence-electron chi connectivity index (χ0n) is 15.5. The monoisotopic (exact) mass is 359 g/mol. The van der Waals surface area contributed by atoms with Crippen molar-refractivity contribution < 1.29 is 14.3 Å². The van der Waals surface area contributed by atoms with Crippen molar-refractivity contribution in [1.29, 1.82) is 0 Å². The average Bonchev–Trinajstić information content (AvgIpc) is 2.61. The number of ether oxygens (including phenoxy) is 1. The maximum absolute atomic E-state index is 12.0. The van der Waals surface area contributed by atoms with Gasteiger partial charge in [0, 0.05) is 12.6 Å². The summed E-state index contributed by atoms with van der Waals surface area (Å²) in [6.07, 6.45) is 7.19. The zero-order chi connectivity index (χ0) is 18.8. The predicted octanol–water partition coefficient (Wildman–Crippen LogP) is 2.84. The quantitative estimate of drug-likeness (QED) is 0.700. The Morgan fingerprint density at radius 2 is 1.92 bits per heavy atom. The number of nitrogens with zero attached hydrogens (tertiary/aromatic N) is 1. The van der Waals surface area contributed by atoms with Crippen LogP contribution in [0.4, 0.5) is 4.79 Å². The van der Waals surface area contributed by atoms with Crippen LogP contribution in [0.5, 0.6) is 5.75 Å². The van der Waals surface area contributed by atoms with Crippen molar-refractivity contribution >= 4 is 11.9 Å². The fourth-order valence-corrected chi connectivity index (χ4v) is 3.09. The molecule has 1 aromatic carbocycles. The number of hydrogen-bond donors (Lipinski definition) is 2. The molecule has 6 heteroatoms. The molecule has 3 amide bonds. The minimum atomic E-state index is -0.390. The summed E-state index contributed by atoms with van der Waals surface area (Å²) in [6.45, 7) is 4.86. The molecule has 1 aliphatic carbocycles. The number of amides is 3. The van der Waals surface area contributed by atoms with Gasteiger partial charge in [-0.05, 0) is 37.6 Å². The smallest absolute Gasteiger partial charge is 0.321 e. The molecule has 6 nitrogen and oxygen atoms in total. The van der Waals surface area contributed by atoms with Crippen molar-refractivity contribution in [1.82, 2.24) is 15.5 Å². The summed E-state index contributed by atoms with van der Waals surface area (Å²) < 4.78 is 5.45. The Morgan fingerprint density at radius 3 is 2.58 bits per heavy atom. The maximum atomic E-state index is 12.0. The Hall–Kier alpha value is -2.34. The van der Waals surface area contributed by atoms with E-state index < -0.39 is 0 Å². The van der Waals surface area contributed by atoms with Crippen LogP contribution in [0.1, 0.15) is 37.7 Å². The molecule has 2 N–H and O–H groups in total. The molecule has 0 radical (unpaired) electrons. The second kappa shape index (κ2) is 10.6. The fraction of sp³-hybridized carbons (Fsp3) is 0.500. The summed E-state index contributed by atoms with van der Waals surface area (Å²) in [5, 5.41) is 5.30. The van der Waals surface area contributed by atoms with Gasteiger partial charge in [-0.15, -0.1) is 0 Å². The molecule has 0 bridgehead atoms. The standard InChI is InChI=1S/C20H29N3O3/c1-3-13-26-18-11-9-16(10-12-18)14-23(2)15-19(24)22-20(25)21-17-7-5-4-6-8-17/h3,9-12,17H,1,4-8,13-15H2,2H3,(H2,21,22,24,25). The van der Waals surface area contributed by atoms with Crippen molar-refractivity contribution in [2.24, 2.45) is 0 Å². The normalized spacial score (nSPS) is 14.7. The van der Waals surface area contributed by atoms with Crippen LogP contribution in [0, 0.1) is 0 Å². The summed E-state index contributed by atoms with van der Waals surface area (Å²) >= 11 is 0. The maximum Gasteiger partial charge on any atom is 0.321 e. The van der Waals surface area contributed by atoms with E-state index in [1.165, 1.54) is 6.42 Å². The second-order valence-corrected chi connectivity index (χ2v) is 6.77. The summed E-state index contributed by atoms with van der Waals surface area (Å²) in [5.41, 5.74) is 1.07.